The molecule has 0 aromatic rings. The molecule has 0 fully saturated rings. The van der Waals surface area contributed by atoms with E-state index in [0.717, 1.165) is 12.8 Å². The fourth-order valence-electron chi connectivity index (χ4n) is 0.999. The molecule has 0 N–H and O–H groups in total. The van der Waals surface area contributed by atoms with Gasteiger partial charge in [0, 0.05) is 0 Å². The van der Waals surface area contributed by atoms with Gasteiger partial charge in [0.1, 0.15) is 0 Å². The van der Waals surface area contributed by atoms with Crippen molar-refractivity contribution in [2.75, 3.05) is 0 Å². The molecular weight excluding hydrogens is 144 g/mol. The lowest BCUT2D eigenvalue weighted by Gasteiger charge is -2.02. The summed E-state index contributed by atoms with van der Waals surface area (Å²) in [5, 5.41) is 0. The van der Waals surface area contributed by atoms with Crippen LogP contribution in [-0.4, -0.2) is 0 Å². The maximum Gasteiger partial charge on any atom is -0.0262 e. The van der Waals surface area contributed by atoms with Crippen LogP contribution in [0.3, 0.4) is 0 Å². The third-order valence-corrected chi connectivity index (χ3v) is 1.49. The van der Waals surface area contributed by atoms with Gasteiger partial charge in [0.05, 0.1) is 0 Å². The van der Waals surface area contributed by atoms with Crippen LogP contribution in [0, 0.1) is 5.92 Å². The summed E-state index contributed by atoms with van der Waals surface area (Å²) in [6.07, 6.45) is 10.6. The predicted octanol–water partition coefficient (Wildman–Crippen LogP) is 4.11. The zero-order valence-electron chi connectivity index (χ0n) is 8.51. The first-order valence-corrected chi connectivity index (χ1v) is 4.67. The Morgan fingerprint density at radius 1 is 1.33 bits per heavy atom. The summed E-state index contributed by atoms with van der Waals surface area (Å²) < 4.78 is 0. The average Bonchev–Trinajstić information content (AvgIpc) is 1.97. The molecule has 0 rings (SSSR count). The first-order valence-electron chi connectivity index (χ1n) is 4.67. The van der Waals surface area contributed by atoms with Gasteiger partial charge in [-0.25, -0.2) is 0 Å². The van der Waals surface area contributed by atoms with Crippen molar-refractivity contribution in [3.8, 4) is 0 Å². The Morgan fingerprint density at radius 2 is 2.00 bits per heavy atom. The van der Waals surface area contributed by atoms with E-state index in [9.17, 15) is 0 Å². The van der Waals surface area contributed by atoms with Crippen molar-refractivity contribution in [2.45, 2.75) is 33.6 Å². The standard InChI is InChI=1S/C12H20/c1-5-6-7-8-9-12(4)10-11(2)3/h6-9,11H,4-5,10H2,1-3H3/b7-6-,9-8-. The fourth-order valence-corrected chi connectivity index (χ4v) is 0.999. The second-order valence-electron chi connectivity index (χ2n) is 3.45. The van der Waals surface area contributed by atoms with Gasteiger partial charge in [-0.2, -0.15) is 0 Å². The van der Waals surface area contributed by atoms with Crippen molar-refractivity contribution in [1.82, 2.24) is 0 Å². The van der Waals surface area contributed by atoms with Crippen LogP contribution in [0.15, 0.2) is 36.5 Å². The lowest BCUT2D eigenvalue weighted by molar-refractivity contribution is 0.651. The second kappa shape index (κ2) is 6.90. The summed E-state index contributed by atoms with van der Waals surface area (Å²) in [5.41, 5.74) is 1.21. The van der Waals surface area contributed by atoms with Gasteiger partial charge in [0.15, 0.2) is 0 Å². The van der Waals surface area contributed by atoms with Gasteiger partial charge in [0.25, 0.3) is 0 Å². The van der Waals surface area contributed by atoms with E-state index >= 15 is 0 Å². The maximum absolute atomic E-state index is 3.97. The smallest absolute Gasteiger partial charge is 0.0262 e. The Bertz CT molecular complexity index is 170. The Hall–Kier alpha value is -0.780. The van der Waals surface area contributed by atoms with Gasteiger partial charge in [-0.3, -0.25) is 0 Å². The van der Waals surface area contributed by atoms with E-state index in [4.69, 9.17) is 0 Å². The molecule has 0 amide bonds. The third-order valence-electron chi connectivity index (χ3n) is 1.49. The molecule has 68 valence electrons. The van der Waals surface area contributed by atoms with E-state index in [0.29, 0.717) is 5.92 Å². The van der Waals surface area contributed by atoms with E-state index in [-0.39, 0.29) is 0 Å². The largest absolute Gasteiger partial charge is 0.0958 e. The van der Waals surface area contributed by atoms with Gasteiger partial charge >= 0.3 is 0 Å². The van der Waals surface area contributed by atoms with Gasteiger partial charge in [-0.1, -0.05) is 57.2 Å². The van der Waals surface area contributed by atoms with E-state index in [1.807, 2.05) is 0 Å². The molecule has 0 spiro atoms. The van der Waals surface area contributed by atoms with Crippen molar-refractivity contribution in [2.24, 2.45) is 5.92 Å². The summed E-state index contributed by atoms with van der Waals surface area (Å²) in [6, 6.07) is 0. The minimum absolute atomic E-state index is 0.706. The van der Waals surface area contributed by atoms with Crippen LogP contribution >= 0.6 is 0 Å². The monoisotopic (exact) mass is 164 g/mol. The van der Waals surface area contributed by atoms with E-state index < -0.39 is 0 Å². The van der Waals surface area contributed by atoms with Crippen LogP contribution < -0.4 is 0 Å². The summed E-state index contributed by atoms with van der Waals surface area (Å²) in [4.78, 5) is 0. The van der Waals surface area contributed by atoms with Crippen molar-refractivity contribution >= 4 is 0 Å². The van der Waals surface area contributed by atoms with Crippen LogP contribution in [0.25, 0.3) is 0 Å². The molecule has 0 unspecified atom stereocenters. The van der Waals surface area contributed by atoms with E-state index in [2.05, 4.69) is 51.7 Å². The minimum Gasteiger partial charge on any atom is -0.0958 e. The molecular formula is C12H20. The van der Waals surface area contributed by atoms with Crippen molar-refractivity contribution < 1.29 is 0 Å². The Kier molecular flexibility index (Phi) is 6.45. The molecule has 0 bridgehead atoms. The number of hydrogen-bond donors (Lipinski definition) is 0. The normalized spacial score (nSPS) is 12.0. The van der Waals surface area contributed by atoms with E-state index in [1.165, 1.54) is 5.57 Å². The molecule has 0 aliphatic carbocycles. The minimum atomic E-state index is 0.706. The second-order valence-corrected chi connectivity index (χ2v) is 3.45. The molecule has 0 atom stereocenters. The molecule has 0 aliphatic heterocycles. The average molecular weight is 164 g/mol. The van der Waals surface area contributed by atoms with E-state index in [1.54, 1.807) is 0 Å². The highest BCUT2D eigenvalue weighted by Gasteiger charge is 1.93. The van der Waals surface area contributed by atoms with Crippen molar-refractivity contribution in [1.29, 1.82) is 0 Å². The van der Waals surface area contributed by atoms with Crippen LogP contribution in [0.4, 0.5) is 0 Å². The lowest BCUT2D eigenvalue weighted by atomic mass is 10.0. The van der Waals surface area contributed by atoms with Gasteiger partial charge in [-0.15, -0.1) is 0 Å². The molecule has 12 heavy (non-hydrogen) atoms. The Labute approximate surface area is 76.7 Å². The SMILES string of the molecule is C=C(/C=C\C=C/CC)CC(C)C. The van der Waals surface area contributed by atoms with Crippen LogP contribution in [-0.2, 0) is 0 Å². The molecule has 0 heteroatoms. The van der Waals surface area contributed by atoms with Crippen LogP contribution in [0.5, 0.6) is 0 Å². The number of hydrogen-bond acceptors (Lipinski definition) is 0. The molecule has 0 aliphatic rings. The summed E-state index contributed by atoms with van der Waals surface area (Å²) in [7, 11) is 0. The number of rotatable bonds is 5. The maximum atomic E-state index is 3.97. The zero-order valence-corrected chi connectivity index (χ0v) is 8.51. The van der Waals surface area contributed by atoms with Gasteiger partial charge in [0.2, 0.25) is 0 Å². The summed E-state index contributed by atoms with van der Waals surface area (Å²) >= 11 is 0. The molecule has 0 heterocycles. The highest BCUT2D eigenvalue weighted by atomic mass is 14.0. The van der Waals surface area contributed by atoms with Gasteiger partial charge < -0.3 is 0 Å². The Balaban J connectivity index is 3.68. The molecule has 0 nitrogen and oxygen atoms in total. The first-order chi connectivity index (χ1) is 5.66. The Morgan fingerprint density at radius 3 is 2.50 bits per heavy atom. The lowest BCUT2D eigenvalue weighted by Crippen LogP contribution is -1.86. The molecule has 0 radical (unpaired) electrons. The number of allylic oxidation sites excluding steroid dienone is 5. The summed E-state index contributed by atoms with van der Waals surface area (Å²) in [6.45, 7) is 10.5. The van der Waals surface area contributed by atoms with Crippen LogP contribution in [0.1, 0.15) is 33.6 Å². The predicted molar refractivity (Wildman–Crippen MR) is 57.2 cm³/mol. The topological polar surface area (TPSA) is 0 Å². The van der Waals surface area contributed by atoms with Crippen LogP contribution in [0.2, 0.25) is 0 Å². The highest BCUT2D eigenvalue weighted by molar-refractivity contribution is 5.19. The van der Waals surface area contributed by atoms with Gasteiger partial charge in [-0.05, 0) is 18.8 Å². The molecule has 0 saturated heterocycles. The molecule has 0 aromatic heterocycles. The first kappa shape index (κ1) is 11.2. The zero-order chi connectivity index (χ0) is 9.40. The third kappa shape index (κ3) is 7.33. The van der Waals surface area contributed by atoms with Crippen molar-refractivity contribution in [3.05, 3.63) is 36.5 Å². The highest BCUT2D eigenvalue weighted by Crippen LogP contribution is 2.09. The molecule has 0 saturated carbocycles. The molecule has 0 aromatic carbocycles. The van der Waals surface area contributed by atoms with Crippen molar-refractivity contribution in [3.63, 3.8) is 0 Å². The quantitative estimate of drug-likeness (QED) is 0.536. The fraction of sp³-hybridized carbons (Fsp3) is 0.500. The summed E-state index contributed by atoms with van der Waals surface area (Å²) in [5.74, 6) is 0.706.